The number of carbonyl (C=O) groups is 1. The predicted octanol–water partition coefficient (Wildman–Crippen LogP) is 3.67. The maximum atomic E-state index is 11.9. The third kappa shape index (κ3) is 2.29. The third-order valence-electron chi connectivity index (χ3n) is 3.06. The number of carbonyl (C=O) groups excluding carboxylic acids is 1. The Morgan fingerprint density at radius 2 is 1.89 bits per heavy atom. The molecule has 1 fully saturated rings. The van der Waals surface area contributed by atoms with Gasteiger partial charge in [-0.1, -0.05) is 60.4 Å². The number of fused-ring (bicyclic) bond motifs is 1. The van der Waals surface area contributed by atoms with Crippen molar-refractivity contribution in [1.82, 2.24) is 4.90 Å². The first kappa shape index (κ1) is 12.4. The summed E-state index contributed by atoms with van der Waals surface area (Å²) < 4.78 is 0.608. The molecule has 94 valence electrons. The average Bonchev–Trinajstić information content (AvgIpc) is 2.66. The van der Waals surface area contributed by atoms with Gasteiger partial charge < -0.3 is 0 Å². The standard InChI is InChI=1S/C15H11NOS2/c1-16-14(17)13(19-15(16)18)9-10-6-7-11-4-2-3-5-12(11)8-10/h2-9H,1H3. The Balaban J connectivity index is 2.02. The fraction of sp³-hybridized carbons (Fsp3) is 0.0667. The SMILES string of the molecule is CN1C(=O)C(=Cc2ccc3ccccc3c2)SC1=S. The van der Waals surface area contributed by atoms with Crippen molar-refractivity contribution in [3.8, 4) is 0 Å². The average molecular weight is 285 g/mol. The molecule has 1 amide bonds. The predicted molar refractivity (Wildman–Crippen MR) is 84.9 cm³/mol. The molecule has 19 heavy (non-hydrogen) atoms. The van der Waals surface area contributed by atoms with Crippen LogP contribution in [0.4, 0.5) is 0 Å². The van der Waals surface area contributed by atoms with E-state index in [2.05, 4.69) is 24.3 Å². The Hall–Kier alpha value is -1.65. The van der Waals surface area contributed by atoms with Crippen LogP contribution in [0.5, 0.6) is 0 Å². The van der Waals surface area contributed by atoms with Crippen molar-refractivity contribution in [2.75, 3.05) is 7.05 Å². The topological polar surface area (TPSA) is 20.3 Å². The molecule has 0 N–H and O–H groups in total. The molecular weight excluding hydrogens is 274 g/mol. The molecule has 0 aliphatic carbocycles. The van der Waals surface area contributed by atoms with E-state index in [4.69, 9.17) is 12.2 Å². The Kier molecular flexibility index (Phi) is 3.12. The van der Waals surface area contributed by atoms with E-state index in [0.717, 1.165) is 5.56 Å². The van der Waals surface area contributed by atoms with Crippen molar-refractivity contribution in [3.63, 3.8) is 0 Å². The van der Waals surface area contributed by atoms with Gasteiger partial charge in [0.15, 0.2) is 0 Å². The number of thiocarbonyl (C=S) groups is 1. The molecule has 3 rings (SSSR count). The zero-order valence-electron chi connectivity index (χ0n) is 10.3. The largest absolute Gasteiger partial charge is 0.296 e. The van der Waals surface area contributed by atoms with Gasteiger partial charge in [-0.2, -0.15) is 0 Å². The number of hydrogen-bond acceptors (Lipinski definition) is 3. The van der Waals surface area contributed by atoms with E-state index in [9.17, 15) is 4.79 Å². The zero-order chi connectivity index (χ0) is 13.4. The fourth-order valence-electron chi connectivity index (χ4n) is 1.99. The molecule has 0 saturated carbocycles. The van der Waals surface area contributed by atoms with Crippen LogP contribution in [0.1, 0.15) is 5.56 Å². The van der Waals surface area contributed by atoms with Crippen molar-refractivity contribution in [3.05, 3.63) is 52.9 Å². The molecule has 0 atom stereocenters. The maximum absolute atomic E-state index is 11.9. The number of likely N-dealkylation sites (N-methyl/N-ethyl adjacent to an activating group) is 1. The summed E-state index contributed by atoms with van der Waals surface area (Å²) in [4.78, 5) is 14.1. The molecule has 0 bridgehead atoms. The second-order valence-electron chi connectivity index (χ2n) is 4.35. The molecule has 0 unspecified atom stereocenters. The van der Waals surface area contributed by atoms with Crippen LogP contribution in [0.15, 0.2) is 47.4 Å². The van der Waals surface area contributed by atoms with Gasteiger partial charge in [-0.15, -0.1) is 0 Å². The van der Waals surface area contributed by atoms with Crippen molar-refractivity contribution in [2.45, 2.75) is 0 Å². The van der Waals surface area contributed by atoms with E-state index < -0.39 is 0 Å². The Morgan fingerprint density at radius 3 is 2.58 bits per heavy atom. The highest BCUT2D eigenvalue weighted by molar-refractivity contribution is 8.26. The van der Waals surface area contributed by atoms with Crippen molar-refractivity contribution >= 4 is 51.1 Å². The maximum Gasteiger partial charge on any atom is 0.265 e. The van der Waals surface area contributed by atoms with Gasteiger partial charge in [0.25, 0.3) is 5.91 Å². The van der Waals surface area contributed by atoms with Crippen LogP contribution in [0.2, 0.25) is 0 Å². The van der Waals surface area contributed by atoms with Gasteiger partial charge in [-0.3, -0.25) is 9.69 Å². The fourth-order valence-corrected chi connectivity index (χ4v) is 3.17. The highest BCUT2D eigenvalue weighted by Gasteiger charge is 2.28. The normalized spacial score (nSPS) is 17.7. The number of nitrogens with zero attached hydrogens (tertiary/aromatic N) is 1. The molecule has 2 aromatic carbocycles. The molecule has 0 aromatic heterocycles. The smallest absolute Gasteiger partial charge is 0.265 e. The minimum Gasteiger partial charge on any atom is -0.296 e. The zero-order valence-corrected chi connectivity index (χ0v) is 11.9. The van der Waals surface area contributed by atoms with Crippen LogP contribution in [0, 0.1) is 0 Å². The highest BCUT2D eigenvalue weighted by Crippen LogP contribution is 2.31. The Morgan fingerprint density at radius 1 is 1.16 bits per heavy atom. The summed E-state index contributed by atoms with van der Waals surface area (Å²) in [7, 11) is 1.71. The molecule has 0 radical (unpaired) electrons. The number of rotatable bonds is 1. The molecule has 0 spiro atoms. The Bertz CT molecular complexity index is 721. The summed E-state index contributed by atoms with van der Waals surface area (Å²) >= 11 is 6.47. The van der Waals surface area contributed by atoms with Gasteiger partial charge in [0.05, 0.1) is 4.91 Å². The van der Waals surface area contributed by atoms with E-state index in [-0.39, 0.29) is 5.91 Å². The summed E-state index contributed by atoms with van der Waals surface area (Å²) in [5.74, 6) is -0.0249. The lowest BCUT2D eigenvalue weighted by Crippen LogP contribution is -2.22. The molecule has 1 aliphatic rings. The summed E-state index contributed by atoms with van der Waals surface area (Å²) in [6.07, 6.45) is 1.90. The van der Waals surface area contributed by atoms with Gasteiger partial charge in [0.1, 0.15) is 4.32 Å². The first-order valence-corrected chi connectivity index (χ1v) is 7.08. The van der Waals surface area contributed by atoms with E-state index in [1.54, 1.807) is 7.05 Å². The monoisotopic (exact) mass is 285 g/mol. The van der Waals surface area contributed by atoms with Gasteiger partial charge in [-0.05, 0) is 28.5 Å². The second-order valence-corrected chi connectivity index (χ2v) is 6.02. The molecular formula is C15H11NOS2. The van der Waals surface area contributed by atoms with Gasteiger partial charge in [-0.25, -0.2) is 0 Å². The van der Waals surface area contributed by atoms with Crippen molar-refractivity contribution in [1.29, 1.82) is 0 Å². The molecule has 1 aliphatic heterocycles. The summed E-state index contributed by atoms with van der Waals surface area (Å²) in [6, 6.07) is 14.3. The lowest BCUT2D eigenvalue weighted by atomic mass is 10.1. The van der Waals surface area contributed by atoms with E-state index in [0.29, 0.717) is 9.23 Å². The van der Waals surface area contributed by atoms with E-state index in [1.165, 1.54) is 27.4 Å². The minimum atomic E-state index is -0.0249. The van der Waals surface area contributed by atoms with Crippen LogP contribution in [0.25, 0.3) is 16.8 Å². The third-order valence-corrected chi connectivity index (χ3v) is 4.54. The van der Waals surface area contributed by atoms with Crippen molar-refractivity contribution < 1.29 is 4.79 Å². The number of amides is 1. The number of benzene rings is 2. The molecule has 1 saturated heterocycles. The Labute approximate surface area is 121 Å². The van der Waals surface area contributed by atoms with Gasteiger partial charge in [0, 0.05) is 7.05 Å². The van der Waals surface area contributed by atoms with Gasteiger partial charge in [0.2, 0.25) is 0 Å². The number of thioether (sulfide) groups is 1. The van der Waals surface area contributed by atoms with Crippen LogP contribution >= 0.6 is 24.0 Å². The lowest BCUT2D eigenvalue weighted by Gasteiger charge is -2.03. The van der Waals surface area contributed by atoms with Crippen molar-refractivity contribution in [2.24, 2.45) is 0 Å². The molecule has 1 heterocycles. The summed E-state index contributed by atoms with van der Waals surface area (Å²) in [5, 5.41) is 2.37. The molecule has 4 heteroatoms. The van der Waals surface area contributed by atoms with E-state index in [1.807, 2.05) is 24.3 Å². The second kappa shape index (κ2) is 4.79. The quantitative estimate of drug-likeness (QED) is 0.589. The lowest BCUT2D eigenvalue weighted by molar-refractivity contribution is -0.121. The summed E-state index contributed by atoms with van der Waals surface area (Å²) in [5.41, 5.74) is 1.02. The van der Waals surface area contributed by atoms with Crippen LogP contribution in [-0.4, -0.2) is 22.2 Å². The minimum absolute atomic E-state index is 0.0249. The van der Waals surface area contributed by atoms with Crippen LogP contribution in [-0.2, 0) is 4.79 Å². The van der Waals surface area contributed by atoms with Gasteiger partial charge >= 0.3 is 0 Å². The first-order valence-electron chi connectivity index (χ1n) is 5.85. The van der Waals surface area contributed by atoms with E-state index >= 15 is 0 Å². The van der Waals surface area contributed by atoms with Crippen LogP contribution in [0.3, 0.4) is 0 Å². The molecule has 2 nitrogen and oxygen atoms in total. The highest BCUT2D eigenvalue weighted by atomic mass is 32.2. The summed E-state index contributed by atoms with van der Waals surface area (Å²) in [6.45, 7) is 0. The molecule has 2 aromatic rings. The first-order chi connectivity index (χ1) is 9.15. The number of hydrogen-bond donors (Lipinski definition) is 0. The van der Waals surface area contributed by atoms with Crippen LogP contribution < -0.4 is 0 Å².